The molecular formula is C15H13BrN2O2. The summed E-state index contributed by atoms with van der Waals surface area (Å²) in [7, 11) is 0. The molecule has 0 saturated heterocycles. The highest BCUT2D eigenvalue weighted by molar-refractivity contribution is 9.10. The second-order valence-electron chi connectivity index (χ2n) is 4.67. The molecule has 1 atom stereocenters. The Labute approximate surface area is 125 Å². The minimum atomic E-state index is -0.488. The summed E-state index contributed by atoms with van der Waals surface area (Å²) in [4.78, 5) is 16.5. The van der Waals surface area contributed by atoms with E-state index in [-0.39, 0.29) is 5.91 Å². The lowest BCUT2D eigenvalue weighted by Crippen LogP contribution is -2.31. The van der Waals surface area contributed by atoms with Crippen LogP contribution in [0.4, 0.5) is 5.82 Å². The second-order valence-corrected chi connectivity index (χ2v) is 5.53. The highest BCUT2D eigenvalue weighted by atomic mass is 79.9. The van der Waals surface area contributed by atoms with Gasteiger partial charge >= 0.3 is 0 Å². The van der Waals surface area contributed by atoms with E-state index in [0.29, 0.717) is 12.2 Å². The first-order valence-electron chi connectivity index (χ1n) is 6.32. The van der Waals surface area contributed by atoms with Gasteiger partial charge in [-0.15, -0.1) is 0 Å². The Kier molecular flexibility index (Phi) is 3.44. The molecule has 0 bridgehead atoms. The van der Waals surface area contributed by atoms with Gasteiger partial charge < -0.3 is 10.1 Å². The minimum Gasteiger partial charge on any atom is -0.480 e. The van der Waals surface area contributed by atoms with Crippen molar-refractivity contribution in [3.8, 4) is 5.75 Å². The largest absolute Gasteiger partial charge is 0.480 e. The number of aryl methyl sites for hydroxylation is 1. The first kappa shape index (κ1) is 13.1. The van der Waals surface area contributed by atoms with Crippen LogP contribution < -0.4 is 10.1 Å². The second kappa shape index (κ2) is 5.25. The molecule has 0 saturated carbocycles. The van der Waals surface area contributed by atoms with E-state index in [1.807, 2.05) is 37.3 Å². The lowest BCUT2D eigenvalue weighted by atomic mass is 10.1. The van der Waals surface area contributed by atoms with Gasteiger partial charge in [-0.25, -0.2) is 4.98 Å². The van der Waals surface area contributed by atoms with E-state index in [0.717, 1.165) is 21.5 Å². The molecule has 1 N–H and O–H groups in total. The molecular weight excluding hydrogens is 320 g/mol. The van der Waals surface area contributed by atoms with Crippen LogP contribution >= 0.6 is 15.9 Å². The molecule has 1 amide bonds. The van der Waals surface area contributed by atoms with Gasteiger partial charge in [0.25, 0.3) is 5.91 Å². The zero-order valence-corrected chi connectivity index (χ0v) is 12.5. The van der Waals surface area contributed by atoms with Crippen molar-refractivity contribution in [2.75, 3.05) is 5.32 Å². The molecule has 1 aromatic heterocycles. The number of benzene rings is 1. The van der Waals surface area contributed by atoms with Crippen LogP contribution in [0.3, 0.4) is 0 Å². The van der Waals surface area contributed by atoms with Crippen molar-refractivity contribution < 1.29 is 9.53 Å². The molecule has 1 aliphatic rings. The number of carbonyl (C=O) groups excluding carboxylic acids is 1. The molecule has 0 fully saturated rings. The Bertz CT molecular complexity index is 648. The van der Waals surface area contributed by atoms with Gasteiger partial charge in [-0.05, 0) is 46.6 Å². The van der Waals surface area contributed by atoms with E-state index >= 15 is 0 Å². The van der Waals surface area contributed by atoms with Gasteiger partial charge in [0, 0.05) is 10.9 Å². The first-order chi connectivity index (χ1) is 9.63. The number of ether oxygens (including phenoxy) is 1. The zero-order chi connectivity index (χ0) is 14.1. The Morgan fingerprint density at radius 3 is 2.90 bits per heavy atom. The van der Waals surface area contributed by atoms with E-state index < -0.39 is 6.10 Å². The number of amides is 1. The number of halogens is 1. The Hall–Kier alpha value is -1.88. The molecule has 3 rings (SSSR count). The summed E-state index contributed by atoms with van der Waals surface area (Å²) in [6.45, 7) is 1.88. The molecule has 20 heavy (non-hydrogen) atoms. The molecule has 0 aliphatic carbocycles. The van der Waals surface area contributed by atoms with Crippen LogP contribution in [-0.4, -0.2) is 17.0 Å². The third-order valence-corrected chi connectivity index (χ3v) is 4.05. The predicted molar refractivity (Wildman–Crippen MR) is 79.9 cm³/mol. The Balaban J connectivity index is 1.71. The molecule has 0 radical (unpaired) electrons. The standard InChI is InChI=1S/C15H13BrN2O2/c1-9-11(16)6-7-14(17-9)18-15(19)13-8-10-4-2-3-5-12(10)20-13/h2-7,13H,8H2,1H3,(H,17,18,19). The number of carbonyl (C=O) groups is 1. The lowest BCUT2D eigenvalue weighted by molar-refractivity contribution is -0.122. The summed E-state index contributed by atoms with van der Waals surface area (Å²) in [5.74, 6) is 1.15. The van der Waals surface area contributed by atoms with Gasteiger partial charge in [-0.3, -0.25) is 4.79 Å². The SMILES string of the molecule is Cc1nc(NC(=O)C2Cc3ccccc3O2)ccc1Br. The van der Waals surface area contributed by atoms with Crippen LogP contribution in [0.5, 0.6) is 5.75 Å². The molecule has 1 unspecified atom stereocenters. The van der Waals surface area contributed by atoms with Gasteiger partial charge in [0.05, 0.1) is 5.69 Å². The molecule has 2 heterocycles. The van der Waals surface area contributed by atoms with Crippen molar-refractivity contribution in [2.24, 2.45) is 0 Å². The predicted octanol–water partition coefficient (Wildman–Crippen LogP) is 3.09. The van der Waals surface area contributed by atoms with E-state index in [4.69, 9.17) is 4.74 Å². The van der Waals surface area contributed by atoms with Crippen LogP contribution in [0.15, 0.2) is 40.9 Å². The number of hydrogen-bond acceptors (Lipinski definition) is 3. The topological polar surface area (TPSA) is 51.2 Å². The monoisotopic (exact) mass is 332 g/mol. The van der Waals surface area contributed by atoms with Crippen molar-refractivity contribution in [2.45, 2.75) is 19.4 Å². The van der Waals surface area contributed by atoms with E-state index in [1.165, 1.54) is 0 Å². The lowest BCUT2D eigenvalue weighted by Gasteiger charge is -2.11. The third-order valence-electron chi connectivity index (χ3n) is 3.21. The Morgan fingerprint density at radius 1 is 1.35 bits per heavy atom. The average Bonchev–Trinajstić information content (AvgIpc) is 2.87. The fraction of sp³-hybridized carbons (Fsp3) is 0.200. The number of pyridine rings is 1. The number of para-hydroxylation sites is 1. The summed E-state index contributed by atoms with van der Waals surface area (Å²) in [6, 6.07) is 11.3. The van der Waals surface area contributed by atoms with E-state index in [2.05, 4.69) is 26.2 Å². The van der Waals surface area contributed by atoms with Crippen molar-refractivity contribution in [1.82, 2.24) is 4.98 Å². The number of rotatable bonds is 2. The summed E-state index contributed by atoms with van der Waals surface area (Å²) in [6.07, 6.45) is 0.107. The third kappa shape index (κ3) is 2.54. The van der Waals surface area contributed by atoms with E-state index in [9.17, 15) is 4.79 Å². The zero-order valence-electron chi connectivity index (χ0n) is 10.9. The molecule has 1 aliphatic heterocycles. The molecule has 1 aromatic carbocycles. The summed E-state index contributed by atoms with van der Waals surface area (Å²) >= 11 is 3.38. The summed E-state index contributed by atoms with van der Waals surface area (Å²) < 4.78 is 6.56. The highest BCUT2D eigenvalue weighted by Crippen LogP contribution is 2.28. The Morgan fingerprint density at radius 2 is 2.15 bits per heavy atom. The fourth-order valence-corrected chi connectivity index (χ4v) is 2.37. The summed E-state index contributed by atoms with van der Waals surface area (Å²) in [5, 5.41) is 2.79. The van der Waals surface area contributed by atoms with Crippen molar-refractivity contribution in [3.05, 3.63) is 52.1 Å². The average molecular weight is 333 g/mol. The van der Waals surface area contributed by atoms with Crippen molar-refractivity contribution in [3.63, 3.8) is 0 Å². The maximum atomic E-state index is 12.2. The minimum absolute atomic E-state index is 0.171. The van der Waals surface area contributed by atoms with Crippen LogP contribution in [0.2, 0.25) is 0 Å². The smallest absolute Gasteiger partial charge is 0.266 e. The van der Waals surface area contributed by atoms with Crippen LogP contribution in [0.1, 0.15) is 11.3 Å². The number of hydrogen-bond donors (Lipinski definition) is 1. The van der Waals surface area contributed by atoms with Crippen LogP contribution in [0.25, 0.3) is 0 Å². The number of nitrogens with zero attached hydrogens (tertiary/aromatic N) is 1. The molecule has 0 spiro atoms. The number of anilines is 1. The maximum Gasteiger partial charge on any atom is 0.266 e. The molecule has 4 nitrogen and oxygen atoms in total. The quantitative estimate of drug-likeness (QED) is 0.919. The molecule has 5 heteroatoms. The number of nitrogens with one attached hydrogen (secondary N) is 1. The normalized spacial score (nSPS) is 16.4. The first-order valence-corrected chi connectivity index (χ1v) is 7.11. The van der Waals surface area contributed by atoms with Crippen LogP contribution in [0, 0.1) is 6.92 Å². The number of fused-ring (bicyclic) bond motifs is 1. The van der Waals surface area contributed by atoms with Gasteiger partial charge in [-0.1, -0.05) is 18.2 Å². The van der Waals surface area contributed by atoms with E-state index in [1.54, 1.807) is 6.07 Å². The van der Waals surface area contributed by atoms with Gasteiger partial charge in [0.2, 0.25) is 0 Å². The fourth-order valence-electron chi connectivity index (χ4n) is 2.15. The van der Waals surface area contributed by atoms with Crippen molar-refractivity contribution >= 4 is 27.7 Å². The number of aromatic nitrogens is 1. The van der Waals surface area contributed by atoms with Crippen molar-refractivity contribution in [1.29, 1.82) is 0 Å². The van der Waals surface area contributed by atoms with Gasteiger partial charge in [0.1, 0.15) is 11.6 Å². The molecule has 2 aromatic rings. The maximum absolute atomic E-state index is 12.2. The van der Waals surface area contributed by atoms with Gasteiger partial charge in [-0.2, -0.15) is 0 Å². The van der Waals surface area contributed by atoms with Crippen LogP contribution in [-0.2, 0) is 11.2 Å². The molecule has 102 valence electrons. The van der Waals surface area contributed by atoms with Gasteiger partial charge in [0.15, 0.2) is 6.10 Å². The highest BCUT2D eigenvalue weighted by Gasteiger charge is 2.28. The summed E-state index contributed by atoms with van der Waals surface area (Å²) in [5.41, 5.74) is 1.89.